The number of phenols is 5. The number of phenolic OH excluding ortho intramolecular Hbond substituents is 5. The van der Waals surface area contributed by atoms with Gasteiger partial charge in [0.25, 0.3) is 0 Å². The Bertz CT molecular complexity index is 1830. The average molecular weight is 573 g/mol. The molecule has 0 saturated heterocycles. The highest BCUT2D eigenvalue weighted by Gasteiger charge is 2.60. The van der Waals surface area contributed by atoms with Crippen molar-refractivity contribution < 1.29 is 54.6 Å². The zero-order valence-corrected chi connectivity index (χ0v) is 22.3. The Morgan fingerprint density at radius 2 is 1.57 bits per heavy atom. The van der Waals surface area contributed by atoms with Gasteiger partial charge in [-0.05, 0) is 61.2 Å². The molecule has 11 heteroatoms. The number of allylic oxidation sites excluding steroid dienone is 2. The summed E-state index contributed by atoms with van der Waals surface area (Å²) in [5.41, 5.74) is -3.30. The fourth-order valence-electron chi connectivity index (χ4n) is 6.77. The van der Waals surface area contributed by atoms with E-state index in [1.807, 2.05) is 0 Å². The Hall–Kier alpha value is -5.16. The van der Waals surface area contributed by atoms with Crippen molar-refractivity contribution >= 4 is 28.9 Å². The van der Waals surface area contributed by atoms with Crippen molar-refractivity contribution in [3.63, 3.8) is 0 Å². The van der Waals surface area contributed by atoms with Crippen molar-refractivity contribution in [1.82, 2.24) is 0 Å². The summed E-state index contributed by atoms with van der Waals surface area (Å²) in [4.78, 5) is 54.1. The van der Waals surface area contributed by atoms with E-state index in [1.165, 1.54) is 18.2 Å². The van der Waals surface area contributed by atoms with E-state index in [-0.39, 0.29) is 46.4 Å². The van der Waals surface area contributed by atoms with Gasteiger partial charge < -0.3 is 35.4 Å². The van der Waals surface area contributed by atoms with Gasteiger partial charge in [-0.25, -0.2) is 4.79 Å². The molecule has 0 amide bonds. The predicted octanol–water partition coefficient (Wildman–Crippen LogP) is 2.99. The maximum Gasteiger partial charge on any atom is 0.342 e. The number of benzene rings is 3. The molecule has 4 aliphatic rings. The molecule has 3 aromatic carbocycles. The van der Waals surface area contributed by atoms with Crippen molar-refractivity contribution in [2.45, 2.75) is 25.9 Å². The molecule has 3 aromatic rings. The van der Waals surface area contributed by atoms with E-state index < -0.39 is 80.4 Å². The Kier molecular flexibility index (Phi) is 5.74. The van der Waals surface area contributed by atoms with Gasteiger partial charge >= 0.3 is 5.97 Å². The third-order valence-corrected chi connectivity index (χ3v) is 8.57. The molecule has 2 bridgehead atoms. The summed E-state index contributed by atoms with van der Waals surface area (Å²) in [6.45, 7) is 1.67. The lowest BCUT2D eigenvalue weighted by Gasteiger charge is -2.45. The molecule has 0 aliphatic heterocycles. The minimum Gasteiger partial charge on any atom is -0.508 e. The first-order valence-corrected chi connectivity index (χ1v) is 12.9. The lowest BCUT2D eigenvalue weighted by molar-refractivity contribution is -0.127. The number of aryl methyl sites for hydroxylation is 1. The molecule has 6 N–H and O–H groups in total. The highest BCUT2D eigenvalue weighted by molar-refractivity contribution is 6.28. The first-order valence-electron chi connectivity index (χ1n) is 12.9. The van der Waals surface area contributed by atoms with Gasteiger partial charge in [-0.3, -0.25) is 14.4 Å². The van der Waals surface area contributed by atoms with Crippen LogP contribution < -0.4 is 0 Å². The Balaban J connectivity index is 1.56. The Labute approximate surface area is 237 Å². The molecule has 0 aromatic heterocycles. The number of Topliss-reactive ketones (excluding diaryl/α,β-unsaturated/α-hetero) is 2. The number of aromatic hydroxyl groups is 5. The standard InChI is InChI=1S/C31H24O11/c1-11-7-14-20(17(34)8-11)28(39)24-25(36)13-5-6-31(24,29(14)40)10-12-9-18(35)23(26(37)19(12)13)27(38)21-15(32)3-4-16(33)22(21)30(41)42-2/h3-5,7-9,24,28,32-35,37,39H,6,10H2,1-2H3/t24?,28?,31-/m0/s1. The molecule has 0 heterocycles. The minimum absolute atomic E-state index is 0.0131. The number of hydrogen-bond donors (Lipinski definition) is 6. The second kappa shape index (κ2) is 8.92. The van der Waals surface area contributed by atoms with Crippen LogP contribution in [0.4, 0.5) is 0 Å². The molecule has 3 atom stereocenters. The summed E-state index contributed by atoms with van der Waals surface area (Å²) in [5, 5.41) is 65.2. The van der Waals surface area contributed by atoms with Crippen molar-refractivity contribution in [2.24, 2.45) is 11.3 Å². The average Bonchev–Trinajstić information content (AvgIpc) is 3.15. The highest BCUT2D eigenvalue weighted by Crippen LogP contribution is 2.60. The van der Waals surface area contributed by atoms with Crippen LogP contribution in [0.5, 0.6) is 28.7 Å². The quantitative estimate of drug-likeness (QED) is 0.153. The van der Waals surface area contributed by atoms with Crippen LogP contribution in [0.3, 0.4) is 0 Å². The summed E-state index contributed by atoms with van der Waals surface area (Å²) in [6, 6.07) is 5.91. The van der Waals surface area contributed by atoms with Crippen LogP contribution in [0.1, 0.15) is 71.4 Å². The minimum atomic E-state index is -1.56. The van der Waals surface area contributed by atoms with E-state index in [2.05, 4.69) is 4.74 Å². The Morgan fingerprint density at radius 1 is 0.905 bits per heavy atom. The molecule has 0 saturated carbocycles. The van der Waals surface area contributed by atoms with Crippen LogP contribution in [0, 0.1) is 18.3 Å². The fourth-order valence-corrected chi connectivity index (χ4v) is 6.77. The molecule has 1 spiro atoms. The first kappa shape index (κ1) is 27.0. The number of carbonyl (C=O) groups is 4. The van der Waals surface area contributed by atoms with Crippen LogP contribution >= 0.6 is 0 Å². The van der Waals surface area contributed by atoms with E-state index in [1.54, 1.807) is 6.92 Å². The van der Waals surface area contributed by atoms with Gasteiger partial charge in [-0.1, -0.05) is 6.08 Å². The van der Waals surface area contributed by atoms with Crippen molar-refractivity contribution in [1.29, 1.82) is 0 Å². The third kappa shape index (κ3) is 3.37. The smallest absolute Gasteiger partial charge is 0.342 e. The van der Waals surface area contributed by atoms with Crippen LogP contribution in [-0.2, 0) is 16.0 Å². The van der Waals surface area contributed by atoms with E-state index in [0.29, 0.717) is 5.56 Å². The normalized spacial score (nSPS) is 22.0. The summed E-state index contributed by atoms with van der Waals surface area (Å²) in [7, 11) is 0.986. The molecule has 7 rings (SSSR count). The van der Waals surface area contributed by atoms with Crippen molar-refractivity contribution in [3.8, 4) is 28.7 Å². The number of carbonyl (C=O) groups excluding carboxylic acids is 4. The lowest BCUT2D eigenvalue weighted by atomic mass is 9.56. The predicted molar refractivity (Wildman–Crippen MR) is 144 cm³/mol. The second-order valence-electron chi connectivity index (χ2n) is 10.8. The van der Waals surface area contributed by atoms with Gasteiger partial charge in [0.2, 0.25) is 5.78 Å². The summed E-state index contributed by atoms with van der Waals surface area (Å²) >= 11 is 0. The summed E-state index contributed by atoms with van der Waals surface area (Å²) in [5.74, 6) is -8.40. The van der Waals surface area contributed by atoms with E-state index in [4.69, 9.17) is 0 Å². The molecule has 2 unspecified atom stereocenters. The van der Waals surface area contributed by atoms with Gasteiger partial charge in [0.1, 0.15) is 39.9 Å². The number of fused-ring (bicyclic) bond motifs is 2. The zero-order chi connectivity index (χ0) is 30.4. The second-order valence-corrected chi connectivity index (χ2v) is 10.8. The van der Waals surface area contributed by atoms with Gasteiger partial charge in [-0.15, -0.1) is 0 Å². The maximum absolute atomic E-state index is 14.0. The maximum atomic E-state index is 14.0. The van der Waals surface area contributed by atoms with Gasteiger partial charge in [0.05, 0.1) is 30.1 Å². The van der Waals surface area contributed by atoms with E-state index >= 15 is 0 Å². The molecule has 4 aliphatic carbocycles. The number of hydrogen-bond acceptors (Lipinski definition) is 11. The topological polar surface area (TPSA) is 199 Å². The molecular formula is C31H24O11. The first-order chi connectivity index (χ1) is 19.8. The monoisotopic (exact) mass is 572 g/mol. The lowest BCUT2D eigenvalue weighted by Crippen LogP contribution is -2.51. The van der Waals surface area contributed by atoms with Gasteiger partial charge in [0.15, 0.2) is 11.6 Å². The molecule has 11 nitrogen and oxygen atoms in total. The van der Waals surface area contributed by atoms with Crippen LogP contribution in [0.15, 0.2) is 36.4 Å². The van der Waals surface area contributed by atoms with Gasteiger partial charge in [-0.2, -0.15) is 0 Å². The number of rotatable bonds is 3. The van der Waals surface area contributed by atoms with Crippen molar-refractivity contribution in [2.75, 3.05) is 7.11 Å². The molecule has 42 heavy (non-hydrogen) atoms. The third-order valence-electron chi connectivity index (χ3n) is 8.57. The number of aliphatic hydroxyl groups is 1. The van der Waals surface area contributed by atoms with E-state index in [0.717, 1.165) is 25.3 Å². The van der Waals surface area contributed by atoms with Gasteiger partial charge in [0, 0.05) is 22.3 Å². The SMILES string of the molecule is COC(=O)c1c(O)ccc(O)c1C(=O)c1c(O)cc2c(c1O)C1=CC[C@@]3(C2)C(=O)c2cc(C)cc(O)c2C(O)C3C1=O. The summed E-state index contributed by atoms with van der Waals surface area (Å²) < 4.78 is 4.62. The number of esters is 1. The van der Waals surface area contributed by atoms with Crippen LogP contribution in [0.25, 0.3) is 5.57 Å². The van der Waals surface area contributed by atoms with Crippen LogP contribution in [-0.4, -0.2) is 61.1 Å². The molecule has 0 radical (unpaired) electrons. The van der Waals surface area contributed by atoms with Crippen LogP contribution in [0.2, 0.25) is 0 Å². The number of ketones is 3. The fraction of sp³-hybridized carbons (Fsp3) is 0.226. The highest BCUT2D eigenvalue weighted by atomic mass is 16.5. The Morgan fingerprint density at radius 3 is 2.24 bits per heavy atom. The molecular weight excluding hydrogens is 548 g/mol. The largest absolute Gasteiger partial charge is 0.508 e. The zero-order valence-electron chi connectivity index (χ0n) is 22.3. The molecule has 0 fully saturated rings. The molecule has 214 valence electrons. The number of ether oxygens (including phenoxy) is 1. The van der Waals surface area contributed by atoms with Crippen molar-refractivity contribution in [3.05, 3.63) is 80.9 Å². The summed E-state index contributed by atoms with van der Waals surface area (Å²) in [6.07, 6.45) is -0.344. The number of methoxy groups -OCH3 is 1. The van der Waals surface area contributed by atoms with E-state index in [9.17, 15) is 49.8 Å². The number of aliphatic hydroxyl groups excluding tert-OH is 1.